The summed E-state index contributed by atoms with van der Waals surface area (Å²) in [6.07, 6.45) is 0. The number of rotatable bonds is 1. The van der Waals surface area contributed by atoms with Crippen LogP contribution in [-0.4, -0.2) is 19.0 Å². The Bertz CT molecular complexity index is 434. The minimum absolute atomic E-state index is 0.0278. The molecule has 14 heavy (non-hydrogen) atoms. The highest BCUT2D eigenvalue weighted by Crippen LogP contribution is 2.12. The van der Waals surface area contributed by atoms with Crippen LogP contribution >= 0.6 is 0 Å². The summed E-state index contributed by atoms with van der Waals surface area (Å²) in [7, 11) is -4.03. The monoisotopic (exact) mass is 214 g/mol. The molecule has 1 aromatic rings. The number of benzene rings is 1. The molecule has 0 spiro atoms. The van der Waals surface area contributed by atoms with E-state index in [2.05, 4.69) is 0 Å². The highest BCUT2D eigenvalue weighted by Gasteiger charge is 2.10. The van der Waals surface area contributed by atoms with E-state index in [0.717, 1.165) is 0 Å². The summed E-state index contributed by atoms with van der Waals surface area (Å²) in [4.78, 5) is -0.0278. The second-order valence-electron chi connectivity index (χ2n) is 2.37. The smallest absolute Gasteiger partial charge is 0.282 e. The van der Waals surface area contributed by atoms with Crippen molar-refractivity contribution in [1.29, 1.82) is 10.8 Å². The molecular weight excluding hydrogens is 204 g/mol. The standard InChI is InChI=1S/C7H8O3S.CH2N2/c1-6-4-2-3-5-7(6)11(8,9)10;2-1-3/h2-5H,1H3,(H,8,9,10);2-3H. The van der Waals surface area contributed by atoms with E-state index < -0.39 is 10.1 Å². The maximum Gasteiger partial charge on any atom is 0.294 e. The zero-order valence-corrected chi connectivity index (χ0v) is 8.30. The number of hydrogen-bond acceptors (Lipinski definition) is 4. The van der Waals surface area contributed by atoms with Crippen molar-refractivity contribution in [3.63, 3.8) is 0 Å². The van der Waals surface area contributed by atoms with Crippen molar-refractivity contribution >= 4 is 16.1 Å². The predicted octanol–water partition coefficient (Wildman–Crippen LogP) is 1.56. The van der Waals surface area contributed by atoms with Gasteiger partial charge in [-0.2, -0.15) is 8.42 Å². The van der Waals surface area contributed by atoms with Gasteiger partial charge in [0, 0.05) is 0 Å². The summed E-state index contributed by atoms with van der Waals surface area (Å²) in [6, 6.07) is 7.52. The van der Waals surface area contributed by atoms with Gasteiger partial charge in [0.2, 0.25) is 0 Å². The molecule has 0 heterocycles. The summed E-state index contributed by atoms with van der Waals surface area (Å²) < 4.78 is 29.9. The van der Waals surface area contributed by atoms with Crippen molar-refractivity contribution in [2.75, 3.05) is 0 Å². The summed E-state index contributed by atoms with van der Waals surface area (Å²) >= 11 is 0. The third-order valence-corrected chi connectivity index (χ3v) is 2.39. The van der Waals surface area contributed by atoms with Gasteiger partial charge < -0.3 is 0 Å². The molecule has 0 fully saturated rings. The third-order valence-electron chi connectivity index (χ3n) is 1.37. The zero-order chi connectivity index (χ0) is 11.2. The van der Waals surface area contributed by atoms with Crippen LogP contribution in [0.25, 0.3) is 0 Å². The summed E-state index contributed by atoms with van der Waals surface area (Å²) in [5.41, 5.74) is 0.551. The minimum atomic E-state index is -4.03. The molecule has 5 nitrogen and oxygen atoms in total. The molecule has 76 valence electrons. The molecule has 0 bridgehead atoms. The van der Waals surface area contributed by atoms with Gasteiger partial charge in [-0.1, -0.05) is 18.2 Å². The molecule has 0 saturated carbocycles. The first-order chi connectivity index (χ1) is 6.43. The number of nitrogens with one attached hydrogen (secondary N) is 2. The fraction of sp³-hybridized carbons (Fsp3) is 0.125. The fourth-order valence-corrected chi connectivity index (χ4v) is 1.57. The molecule has 6 heteroatoms. The minimum Gasteiger partial charge on any atom is -0.282 e. The topological polar surface area (TPSA) is 102 Å². The fourth-order valence-electron chi connectivity index (χ4n) is 0.846. The van der Waals surface area contributed by atoms with Gasteiger partial charge in [0.15, 0.2) is 0 Å². The summed E-state index contributed by atoms with van der Waals surface area (Å²) in [5.74, 6) is 0. The first-order valence-electron chi connectivity index (χ1n) is 3.55. The molecular formula is C8H10N2O3S. The van der Waals surface area contributed by atoms with E-state index in [1.165, 1.54) is 12.1 Å². The molecule has 0 aliphatic carbocycles. The lowest BCUT2D eigenvalue weighted by molar-refractivity contribution is 0.482. The van der Waals surface area contributed by atoms with Gasteiger partial charge >= 0.3 is 0 Å². The Morgan fingerprint density at radius 1 is 1.29 bits per heavy atom. The molecule has 3 N–H and O–H groups in total. The Labute approximate surface area is 82.2 Å². The molecule has 0 saturated heterocycles. The quantitative estimate of drug-likeness (QED) is 0.488. The van der Waals surface area contributed by atoms with Crippen LogP contribution in [-0.2, 0) is 10.1 Å². The number of hydrogen-bond donors (Lipinski definition) is 3. The second-order valence-corrected chi connectivity index (χ2v) is 3.76. The number of aryl methyl sites for hydroxylation is 1. The van der Waals surface area contributed by atoms with Crippen LogP contribution in [0.1, 0.15) is 5.56 Å². The predicted molar refractivity (Wildman–Crippen MR) is 51.4 cm³/mol. The van der Waals surface area contributed by atoms with Gasteiger partial charge in [0.25, 0.3) is 10.1 Å². The molecule has 0 atom stereocenters. The van der Waals surface area contributed by atoms with Crippen molar-refractivity contribution in [3.05, 3.63) is 29.8 Å². The van der Waals surface area contributed by atoms with Crippen LogP contribution in [0.5, 0.6) is 0 Å². The lowest BCUT2D eigenvalue weighted by Gasteiger charge is -1.99. The van der Waals surface area contributed by atoms with Crippen LogP contribution in [0.3, 0.4) is 0 Å². The van der Waals surface area contributed by atoms with Gasteiger partial charge in [-0.3, -0.25) is 4.55 Å². The van der Waals surface area contributed by atoms with Gasteiger partial charge in [0.1, 0.15) is 0 Å². The van der Waals surface area contributed by atoms with E-state index in [0.29, 0.717) is 5.56 Å². The summed E-state index contributed by atoms with van der Waals surface area (Å²) in [6.45, 7) is 1.63. The van der Waals surface area contributed by atoms with E-state index in [1.54, 1.807) is 25.1 Å². The van der Waals surface area contributed by atoms with Crippen LogP contribution in [0.15, 0.2) is 29.2 Å². The van der Waals surface area contributed by atoms with Crippen LogP contribution in [0.2, 0.25) is 0 Å². The highest BCUT2D eigenvalue weighted by molar-refractivity contribution is 7.85. The van der Waals surface area contributed by atoms with Gasteiger partial charge in [-0.25, -0.2) is 10.8 Å². The zero-order valence-electron chi connectivity index (χ0n) is 7.48. The Hall–Kier alpha value is -1.49. The van der Waals surface area contributed by atoms with Gasteiger partial charge in [-0.15, -0.1) is 0 Å². The summed E-state index contributed by atoms with van der Waals surface area (Å²) in [5, 5.41) is 11.2. The molecule has 0 aliphatic rings. The van der Waals surface area contributed by atoms with E-state index in [-0.39, 0.29) is 4.90 Å². The Morgan fingerprint density at radius 3 is 2.00 bits per heavy atom. The Balaban J connectivity index is 0.000000500. The largest absolute Gasteiger partial charge is 0.294 e. The highest BCUT2D eigenvalue weighted by atomic mass is 32.2. The first kappa shape index (κ1) is 12.5. The average molecular weight is 214 g/mol. The third kappa shape index (κ3) is 3.95. The Morgan fingerprint density at radius 2 is 1.71 bits per heavy atom. The molecule has 1 rings (SSSR count). The molecule has 0 aromatic heterocycles. The maximum atomic E-state index is 10.6. The average Bonchev–Trinajstić information content (AvgIpc) is 2.04. The van der Waals surface area contributed by atoms with Crippen molar-refractivity contribution in [3.8, 4) is 0 Å². The van der Waals surface area contributed by atoms with Crippen LogP contribution in [0.4, 0.5) is 0 Å². The van der Waals surface area contributed by atoms with Crippen molar-refractivity contribution < 1.29 is 13.0 Å². The van der Waals surface area contributed by atoms with Crippen molar-refractivity contribution in [2.45, 2.75) is 11.8 Å². The normalized spacial score (nSPS) is 9.57. The molecule has 1 aromatic carbocycles. The van der Waals surface area contributed by atoms with Crippen molar-refractivity contribution in [2.24, 2.45) is 0 Å². The second kappa shape index (κ2) is 5.29. The van der Waals surface area contributed by atoms with E-state index in [4.69, 9.17) is 15.4 Å². The van der Waals surface area contributed by atoms with Crippen LogP contribution < -0.4 is 0 Å². The maximum absolute atomic E-state index is 10.6. The molecule has 0 radical (unpaired) electrons. The van der Waals surface area contributed by atoms with Crippen LogP contribution in [0, 0.1) is 17.7 Å². The Kier molecular flexibility index (Phi) is 4.72. The molecule has 0 amide bonds. The van der Waals surface area contributed by atoms with Crippen molar-refractivity contribution in [1.82, 2.24) is 0 Å². The van der Waals surface area contributed by atoms with E-state index in [1.807, 2.05) is 0 Å². The van der Waals surface area contributed by atoms with E-state index in [9.17, 15) is 8.42 Å². The van der Waals surface area contributed by atoms with E-state index >= 15 is 0 Å². The molecule has 0 unspecified atom stereocenters. The SMILES string of the molecule is Cc1ccccc1S(=O)(=O)O.N=C=N. The lowest BCUT2D eigenvalue weighted by Crippen LogP contribution is -1.99. The van der Waals surface area contributed by atoms with Gasteiger partial charge in [0.05, 0.1) is 10.9 Å². The molecule has 0 aliphatic heterocycles. The first-order valence-corrected chi connectivity index (χ1v) is 4.99. The van der Waals surface area contributed by atoms with Gasteiger partial charge in [-0.05, 0) is 18.6 Å². The lowest BCUT2D eigenvalue weighted by atomic mass is 10.2.